The summed E-state index contributed by atoms with van der Waals surface area (Å²) in [5.74, 6) is 1.29. The van der Waals surface area contributed by atoms with Crippen LogP contribution in [0.25, 0.3) is 0 Å². The van der Waals surface area contributed by atoms with Gasteiger partial charge in [0.15, 0.2) is 0 Å². The highest BCUT2D eigenvalue weighted by Crippen LogP contribution is 2.35. The van der Waals surface area contributed by atoms with Crippen LogP contribution in [-0.2, 0) is 4.79 Å². The molecule has 2 saturated carbocycles. The smallest absolute Gasteiger partial charge is 0.223 e. The van der Waals surface area contributed by atoms with Crippen LogP contribution in [0.5, 0.6) is 0 Å². The summed E-state index contributed by atoms with van der Waals surface area (Å²) in [6.45, 7) is 5.19. The second kappa shape index (κ2) is 6.66. The van der Waals surface area contributed by atoms with Crippen LogP contribution in [0.1, 0.15) is 52.4 Å². The van der Waals surface area contributed by atoms with Gasteiger partial charge in [0, 0.05) is 24.0 Å². The third kappa shape index (κ3) is 3.59. The molecule has 0 bridgehead atoms. The third-order valence-corrected chi connectivity index (χ3v) is 6.10. The number of likely N-dealkylation sites (N-methyl/N-ethyl adjacent to an activating group) is 1. The van der Waals surface area contributed by atoms with E-state index in [0.717, 1.165) is 19.4 Å². The van der Waals surface area contributed by atoms with Crippen LogP contribution in [0.15, 0.2) is 0 Å². The minimum absolute atomic E-state index is 0.0943. The topological polar surface area (TPSA) is 58.4 Å². The number of hydrogen-bond acceptors (Lipinski definition) is 3. The zero-order valence-electron chi connectivity index (χ0n) is 14.2. The normalized spacial score (nSPS) is 35.9. The van der Waals surface area contributed by atoms with Crippen molar-refractivity contribution in [3.8, 4) is 0 Å². The Morgan fingerprint density at radius 2 is 1.81 bits per heavy atom. The lowest BCUT2D eigenvalue weighted by Crippen LogP contribution is -2.53. The highest BCUT2D eigenvalue weighted by molar-refractivity contribution is 5.79. The lowest BCUT2D eigenvalue weighted by Gasteiger charge is -2.39. The van der Waals surface area contributed by atoms with Gasteiger partial charge in [-0.15, -0.1) is 0 Å². The number of nitrogens with two attached hydrogens (primary N) is 1. The van der Waals surface area contributed by atoms with Crippen molar-refractivity contribution in [3.63, 3.8) is 0 Å². The van der Waals surface area contributed by atoms with Gasteiger partial charge in [0.25, 0.3) is 0 Å². The molecule has 0 aliphatic heterocycles. The summed E-state index contributed by atoms with van der Waals surface area (Å²) in [5, 5.41) is 3.25. The van der Waals surface area contributed by atoms with E-state index < -0.39 is 0 Å². The molecule has 1 amide bonds. The van der Waals surface area contributed by atoms with Gasteiger partial charge in [0.2, 0.25) is 5.91 Å². The van der Waals surface area contributed by atoms with Gasteiger partial charge in [-0.2, -0.15) is 0 Å². The molecule has 3 N–H and O–H groups in total. The number of carbonyl (C=O) groups excluding carboxylic acids is 1. The molecular weight excluding hydrogens is 262 g/mol. The molecule has 0 aromatic rings. The Labute approximate surface area is 129 Å². The average molecular weight is 295 g/mol. The van der Waals surface area contributed by atoms with E-state index in [0.29, 0.717) is 11.8 Å². The van der Waals surface area contributed by atoms with Crippen LogP contribution in [0.3, 0.4) is 0 Å². The fourth-order valence-electron chi connectivity index (χ4n) is 4.25. The molecule has 4 heteroatoms. The fourth-order valence-corrected chi connectivity index (χ4v) is 4.25. The molecule has 4 atom stereocenters. The zero-order chi connectivity index (χ0) is 15.6. The molecule has 2 fully saturated rings. The Balaban J connectivity index is 1.92. The predicted molar refractivity (Wildman–Crippen MR) is 86.9 cm³/mol. The van der Waals surface area contributed by atoms with Crippen LogP contribution in [-0.4, -0.2) is 43.0 Å². The van der Waals surface area contributed by atoms with E-state index in [-0.39, 0.29) is 23.4 Å². The van der Waals surface area contributed by atoms with Crippen molar-refractivity contribution in [2.24, 2.45) is 23.5 Å². The summed E-state index contributed by atoms with van der Waals surface area (Å²) in [6, 6.07) is 0.172. The molecule has 2 aliphatic rings. The molecule has 0 radical (unpaired) electrons. The van der Waals surface area contributed by atoms with Gasteiger partial charge in [-0.25, -0.2) is 0 Å². The Kier molecular flexibility index (Phi) is 5.31. The molecule has 2 aliphatic carbocycles. The van der Waals surface area contributed by atoms with Crippen LogP contribution >= 0.6 is 0 Å². The van der Waals surface area contributed by atoms with Crippen LogP contribution < -0.4 is 11.1 Å². The standard InChI is InChI=1S/C17H33N3O/c1-12-9-13(2)15(18)10-14(12)16(21)19-11-17(20(3)4)7-5-6-8-17/h12-15H,5-11,18H2,1-4H3,(H,19,21). The zero-order valence-corrected chi connectivity index (χ0v) is 14.2. The van der Waals surface area contributed by atoms with Gasteiger partial charge >= 0.3 is 0 Å². The van der Waals surface area contributed by atoms with Crippen molar-refractivity contribution < 1.29 is 4.79 Å². The van der Waals surface area contributed by atoms with E-state index in [1.807, 2.05) is 0 Å². The van der Waals surface area contributed by atoms with Crippen molar-refractivity contribution in [2.75, 3.05) is 20.6 Å². The molecule has 21 heavy (non-hydrogen) atoms. The van der Waals surface area contributed by atoms with Crippen LogP contribution in [0, 0.1) is 17.8 Å². The Bertz CT molecular complexity index is 363. The molecule has 0 saturated heterocycles. The summed E-state index contributed by atoms with van der Waals surface area (Å²) in [6.07, 6.45) is 6.84. The first-order valence-electron chi connectivity index (χ1n) is 8.56. The predicted octanol–water partition coefficient (Wildman–Crippen LogP) is 1.99. The molecule has 4 nitrogen and oxygen atoms in total. The first-order valence-corrected chi connectivity index (χ1v) is 8.56. The number of rotatable bonds is 4. The number of hydrogen-bond donors (Lipinski definition) is 2. The monoisotopic (exact) mass is 295 g/mol. The Morgan fingerprint density at radius 3 is 2.38 bits per heavy atom. The molecule has 0 aromatic carbocycles. The molecule has 0 heterocycles. The molecule has 122 valence electrons. The number of nitrogens with zero attached hydrogens (tertiary/aromatic N) is 1. The third-order valence-electron chi connectivity index (χ3n) is 6.10. The molecule has 4 unspecified atom stereocenters. The lowest BCUT2D eigenvalue weighted by molar-refractivity contribution is -0.128. The number of carbonyl (C=O) groups is 1. The maximum atomic E-state index is 12.6. The second-order valence-electron chi connectivity index (χ2n) is 7.74. The van der Waals surface area contributed by atoms with Gasteiger partial charge in [-0.1, -0.05) is 26.7 Å². The maximum Gasteiger partial charge on any atom is 0.223 e. The summed E-state index contributed by atoms with van der Waals surface area (Å²) in [7, 11) is 4.27. The lowest BCUT2D eigenvalue weighted by atomic mass is 9.72. The van der Waals surface area contributed by atoms with Crippen molar-refractivity contribution >= 4 is 5.91 Å². The van der Waals surface area contributed by atoms with Gasteiger partial charge in [0.1, 0.15) is 0 Å². The second-order valence-corrected chi connectivity index (χ2v) is 7.74. The Hall–Kier alpha value is -0.610. The first-order chi connectivity index (χ1) is 9.85. The first kappa shape index (κ1) is 16.8. The maximum absolute atomic E-state index is 12.6. The SMILES string of the molecule is CC1CC(C)C(C(=O)NCC2(N(C)C)CCCC2)CC1N. The summed E-state index contributed by atoms with van der Waals surface area (Å²) in [4.78, 5) is 14.9. The van der Waals surface area contributed by atoms with Crippen molar-refractivity contribution in [1.82, 2.24) is 10.2 Å². The minimum atomic E-state index is 0.0943. The van der Waals surface area contributed by atoms with Gasteiger partial charge < -0.3 is 16.0 Å². The summed E-state index contributed by atoms with van der Waals surface area (Å²) in [5.41, 5.74) is 6.34. The molecule has 2 rings (SSSR count). The van der Waals surface area contributed by atoms with E-state index in [9.17, 15) is 4.79 Å². The summed E-state index contributed by atoms with van der Waals surface area (Å²) < 4.78 is 0. The van der Waals surface area contributed by atoms with Gasteiger partial charge in [-0.3, -0.25) is 4.79 Å². The minimum Gasteiger partial charge on any atom is -0.354 e. The van der Waals surface area contributed by atoms with E-state index in [1.165, 1.54) is 25.7 Å². The Morgan fingerprint density at radius 1 is 1.19 bits per heavy atom. The fraction of sp³-hybridized carbons (Fsp3) is 0.941. The van der Waals surface area contributed by atoms with Crippen LogP contribution in [0.4, 0.5) is 0 Å². The molecular formula is C17H33N3O. The summed E-state index contributed by atoms with van der Waals surface area (Å²) >= 11 is 0. The van der Waals surface area contributed by atoms with Crippen molar-refractivity contribution in [2.45, 2.75) is 64.0 Å². The van der Waals surface area contributed by atoms with Crippen molar-refractivity contribution in [1.29, 1.82) is 0 Å². The van der Waals surface area contributed by atoms with Crippen molar-refractivity contribution in [3.05, 3.63) is 0 Å². The molecule has 0 aromatic heterocycles. The van der Waals surface area contributed by atoms with Crippen LogP contribution in [0.2, 0.25) is 0 Å². The van der Waals surface area contributed by atoms with E-state index in [1.54, 1.807) is 0 Å². The number of nitrogens with one attached hydrogen (secondary N) is 1. The van der Waals surface area contributed by atoms with Gasteiger partial charge in [0.05, 0.1) is 0 Å². The number of amides is 1. The highest BCUT2D eigenvalue weighted by atomic mass is 16.1. The highest BCUT2D eigenvalue weighted by Gasteiger charge is 2.39. The largest absolute Gasteiger partial charge is 0.354 e. The van der Waals surface area contributed by atoms with E-state index >= 15 is 0 Å². The average Bonchev–Trinajstić information content (AvgIpc) is 2.90. The van der Waals surface area contributed by atoms with E-state index in [4.69, 9.17) is 5.73 Å². The molecule has 0 spiro atoms. The van der Waals surface area contributed by atoms with Gasteiger partial charge in [-0.05, 0) is 51.6 Å². The quantitative estimate of drug-likeness (QED) is 0.834. The van der Waals surface area contributed by atoms with E-state index in [2.05, 4.69) is 38.2 Å².